The largest absolute Gasteiger partial charge is 0.489 e. The molecule has 3 rings (SSSR count). The van der Waals surface area contributed by atoms with E-state index in [1.165, 1.54) is 25.7 Å². The third kappa shape index (κ3) is 2.80. The molecule has 2 aliphatic rings. The van der Waals surface area contributed by atoms with Crippen LogP contribution < -0.4 is 15.8 Å². The standard InChI is InChI=1S/C16H24N2O/c1-11(2)19-15-9-13(5-6-14(15)17)18-10-16(7-8-16)12-3-4-12/h5-6,9,11-12,18H,3-4,7-8,10,17H2,1-2H3. The van der Waals surface area contributed by atoms with E-state index in [4.69, 9.17) is 10.5 Å². The van der Waals surface area contributed by atoms with Gasteiger partial charge in [-0.1, -0.05) is 0 Å². The first kappa shape index (κ1) is 12.6. The van der Waals surface area contributed by atoms with Gasteiger partial charge in [0.1, 0.15) is 5.75 Å². The molecule has 1 aromatic rings. The third-order valence-corrected chi connectivity index (χ3v) is 4.36. The highest BCUT2D eigenvalue weighted by Gasteiger charge is 2.53. The van der Waals surface area contributed by atoms with Crippen LogP contribution in [0.25, 0.3) is 0 Å². The van der Waals surface area contributed by atoms with E-state index in [1.807, 2.05) is 32.0 Å². The second-order valence-corrected chi connectivity index (χ2v) is 6.41. The van der Waals surface area contributed by atoms with Crippen LogP contribution in [-0.4, -0.2) is 12.6 Å². The molecule has 3 nitrogen and oxygen atoms in total. The molecule has 0 radical (unpaired) electrons. The Morgan fingerprint density at radius 3 is 2.68 bits per heavy atom. The number of nitrogens with two attached hydrogens (primary N) is 1. The summed E-state index contributed by atoms with van der Waals surface area (Å²) in [6.45, 7) is 5.14. The first-order chi connectivity index (χ1) is 9.09. The number of ether oxygens (including phenoxy) is 1. The van der Waals surface area contributed by atoms with Gasteiger partial charge in [0.2, 0.25) is 0 Å². The number of anilines is 2. The molecule has 0 aliphatic heterocycles. The summed E-state index contributed by atoms with van der Waals surface area (Å²) in [7, 11) is 0. The normalized spacial score (nSPS) is 20.4. The van der Waals surface area contributed by atoms with Crippen molar-refractivity contribution in [2.24, 2.45) is 11.3 Å². The molecule has 19 heavy (non-hydrogen) atoms. The lowest BCUT2D eigenvalue weighted by atomic mass is 10.0. The second kappa shape index (κ2) is 4.62. The maximum Gasteiger partial charge on any atom is 0.144 e. The lowest BCUT2D eigenvalue weighted by Gasteiger charge is -2.18. The lowest BCUT2D eigenvalue weighted by Crippen LogP contribution is -2.17. The minimum Gasteiger partial charge on any atom is -0.489 e. The number of benzene rings is 1. The van der Waals surface area contributed by atoms with Crippen LogP contribution in [0.5, 0.6) is 5.75 Å². The first-order valence-corrected chi connectivity index (χ1v) is 7.39. The van der Waals surface area contributed by atoms with E-state index < -0.39 is 0 Å². The Kier molecular flexibility index (Phi) is 3.08. The number of nitrogens with one attached hydrogen (secondary N) is 1. The predicted octanol–water partition coefficient (Wildman–Crippen LogP) is 3.66. The van der Waals surface area contributed by atoms with Gasteiger partial charge in [-0.3, -0.25) is 0 Å². The van der Waals surface area contributed by atoms with Crippen LogP contribution in [-0.2, 0) is 0 Å². The average molecular weight is 260 g/mol. The highest BCUT2D eigenvalue weighted by Crippen LogP contribution is 2.61. The van der Waals surface area contributed by atoms with Gasteiger partial charge in [0.15, 0.2) is 0 Å². The fourth-order valence-electron chi connectivity index (χ4n) is 2.86. The zero-order valence-corrected chi connectivity index (χ0v) is 11.9. The molecule has 3 heteroatoms. The Morgan fingerprint density at radius 2 is 2.11 bits per heavy atom. The lowest BCUT2D eigenvalue weighted by molar-refractivity contribution is 0.244. The van der Waals surface area contributed by atoms with Gasteiger partial charge in [-0.15, -0.1) is 0 Å². The van der Waals surface area contributed by atoms with E-state index >= 15 is 0 Å². The zero-order chi connectivity index (χ0) is 13.5. The molecule has 0 saturated heterocycles. The van der Waals surface area contributed by atoms with Crippen molar-refractivity contribution in [2.45, 2.75) is 45.6 Å². The molecule has 2 fully saturated rings. The Hall–Kier alpha value is -1.38. The highest BCUT2D eigenvalue weighted by molar-refractivity contribution is 5.61. The molecule has 0 unspecified atom stereocenters. The van der Waals surface area contributed by atoms with Crippen molar-refractivity contribution in [1.82, 2.24) is 0 Å². The van der Waals surface area contributed by atoms with Crippen LogP contribution in [0.15, 0.2) is 18.2 Å². The summed E-state index contributed by atoms with van der Waals surface area (Å²) in [6, 6.07) is 6.00. The van der Waals surface area contributed by atoms with Crippen molar-refractivity contribution in [3.63, 3.8) is 0 Å². The summed E-state index contributed by atoms with van der Waals surface area (Å²) in [5.41, 5.74) is 8.38. The van der Waals surface area contributed by atoms with Gasteiger partial charge in [-0.2, -0.15) is 0 Å². The Bertz CT molecular complexity index is 462. The van der Waals surface area contributed by atoms with Gasteiger partial charge in [-0.25, -0.2) is 0 Å². The third-order valence-electron chi connectivity index (χ3n) is 4.36. The molecule has 0 amide bonds. The second-order valence-electron chi connectivity index (χ2n) is 6.41. The Morgan fingerprint density at radius 1 is 1.37 bits per heavy atom. The van der Waals surface area contributed by atoms with Crippen LogP contribution in [0.1, 0.15) is 39.5 Å². The van der Waals surface area contributed by atoms with Crippen molar-refractivity contribution in [3.8, 4) is 5.75 Å². The summed E-state index contributed by atoms with van der Waals surface area (Å²) in [5.74, 6) is 1.77. The smallest absolute Gasteiger partial charge is 0.144 e. The number of nitrogen functional groups attached to an aromatic ring is 1. The van der Waals surface area contributed by atoms with Gasteiger partial charge in [0.25, 0.3) is 0 Å². The summed E-state index contributed by atoms with van der Waals surface area (Å²) in [4.78, 5) is 0. The van der Waals surface area contributed by atoms with E-state index in [-0.39, 0.29) is 6.10 Å². The van der Waals surface area contributed by atoms with E-state index in [1.54, 1.807) is 0 Å². The molecule has 0 heterocycles. The van der Waals surface area contributed by atoms with Gasteiger partial charge in [0.05, 0.1) is 11.8 Å². The SMILES string of the molecule is CC(C)Oc1cc(NCC2(C3CC3)CC2)ccc1N. The molecule has 2 saturated carbocycles. The van der Waals surface area contributed by atoms with Crippen LogP contribution in [0.4, 0.5) is 11.4 Å². The Balaban J connectivity index is 1.64. The van der Waals surface area contributed by atoms with Crippen molar-refractivity contribution < 1.29 is 4.74 Å². The summed E-state index contributed by atoms with van der Waals surface area (Å²) >= 11 is 0. The van der Waals surface area contributed by atoms with E-state index in [0.29, 0.717) is 11.1 Å². The minimum absolute atomic E-state index is 0.152. The molecule has 2 aliphatic carbocycles. The van der Waals surface area contributed by atoms with Gasteiger partial charge < -0.3 is 15.8 Å². The maximum atomic E-state index is 5.94. The van der Waals surface area contributed by atoms with Gasteiger partial charge in [0, 0.05) is 18.3 Å². The quantitative estimate of drug-likeness (QED) is 0.767. The number of hydrogen-bond acceptors (Lipinski definition) is 3. The average Bonchev–Trinajstić information content (AvgIpc) is 3.23. The highest BCUT2D eigenvalue weighted by atomic mass is 16.5. The molecule has 1 aromatic carbocycles. The predicted molar refractivity (Wildman–Crippen MR) is 79.5 cm³/mol. The fraction of sp³-hybridized carbons (Fsp3) is 0.625. The molecule has 104 valence electrons. The maximum absolute atomic E-state index is 5.94. The van der Waals surface area contributed by atoms with Crippen LogP contribution in [0.2, 0.25) is 0 Å². The molecule has 3 N–H and O–H groups in total. The zero-order valence-electron chi connectivity index (χ0n) is 11.9. The molecule has 0 atom stereocenters. The summed E-state index contributed by atoms with van der Waals surface area (Å²) in [5, 5.41) is 3.57. The van der Waals surface area contributed by atoms with Crippen molar-refractivity contribution in [1.29, 1.82) is 0 Å². The molecular weight excluding hydrogens is 236 g/mol. The van der Waals surface area contributed by atoms with E-state index in [9.17, 15) is 0 Å². The van der Waals surface area contributed by atoms with E-state index in [2.05, 4.69) is 5.32 Å². The van der Waals surface area contributed by atoms with Crippen LogP contribution in [0.3, 0.4) is 0 Å². The van der Waals surface area contributed by atoms with Crippen LogP contribution in [0, 0.1) is 11.3 Å². The minimum atomic E-state index is 0.152. The van der Waals surface area contributed by atoms with Crippen molar-refractivity contribution in [3.05, 3.63) is 18.2 Å². The fourth-order valence-corrected chi connectivity index (χ4v) is 2.86. The van der Waals surface area contributed by atoms with Crippen molar-refractivity contribution >= 4 is 11.4 Å². The van der Waals surface area contributed by atoms with Gasteiger partial charge >= 0.3 is 0 Å². The summed E-state index contributed by atoms with van der Waals surface area (Å²) in [6.07, 6.45) is 5.82. The van der Waals surface area contributed by atoms with Gasteiger partial charge in [-0.05, 0) is 63.0 Å². The molecular formula is C16H24N2O. The molecule has 0 spiro atoms. The summed E-state index contributed by atoms with van der Waals surface area (Å²) < 4.78 is 5.73. The topological polar surface area (TPSA) is 47.3 Å². The Labute approximate surface area is 115 Å². The van der Waals surface area contributed by atoms with Crippen molar-refractivity contribution in [2.75, 3.05) is 17.6 Å². The molecule has 0 aromatic heterocycles. The number of rotatable bonds is 6. The number of hydrogen-bond donors (Lipinski definition) is 2. The first-order valence-electron chi connectivity index (χ1n) is 7.39. The van der Waals surface area contributed by atoms with Crippen LogP contribution >= 0.6 is 0 Å². The molecule has 0 bridgehead atoms. The monoisotopic (exact) mass is 260 g/mol. The van der Waals surface area contributed by atoms with E-state index in [0.717, 1.165) is 23.9 Å².